The third-order valence-corrected chi connectivity index (χ3v) is 3.46. The summed E-state index contributed by atoms with van der Waals surface area (Å²) in [6.45, 7) is 2.62. The van der Waals surface area contributed by atoms with Crippen LogP contribution in [0.4, 0.5) is 10.1 Å². The van der Waals surface area contributed by atoms with E-state index in [0.29, 0.717) is 22.4 Å². The van der Waals surface area contributed by atoms with E-state index in [9.17, 15) is 9.18 Å². The maximum absolute atomic E-state index is 13.3. The van der Waals surface area contributed by atoms with Crippen molar-refractivity contribution < 1.29 is 13.9 Å². The van der Waals surface area contributed by atoms with Gasteiger partial charge in [-0.3, -0.25) is 4.79 Å². The first-order valence-electron chi connectivity index (χ1n) is 6.54. The fraction of sp³-hybridized carbons (Fsp3) is 0.188. The van der Waals surface area contributed by atoms with Crippen LogP contribution < -0.4 is 10.5 Å². The molecule has 0 aromatic heterocycles. The van der Waals surface area contributed by atoms with E-state index in [1.54, 1.807) is 18.2 Å². The molecule has 5 heteroatoms. The van der Waals surface area contributed by atoms with Crippen LogP contribution >= 0.6 is 15.9 Å². The van der Waals surface area contributed by atoms with Gasteiger partial charge in [0, 0.05) is 16.8 Å². The predicted octanol–water partition coefficient (Wildman–Crippen LogP) is 4.19. The number of ether oxygens (including phenoxy) is 1. The first kappa shape index (κ1) is 15.5. The van der Waals surface area contributed by atoms with Crippen LogP contribution in [0.2, 0.25) is 0 Å². The number of hydrogen-bond acceptors (Lipinski definition) is 3. The normalized spacial score (nSPS) is 10.4. The van der Waals surface area contributed by atoms with Crippen LogP contribution in [0.3, 0.4) is 0 Å². The van der Waals surface area contributed by atoms with Crippen molar-refractivity contribution in [2.75, 3.05) is 12.3 Å². The number of rotatable bonds is 5. The highest BCUT2D eigenvalue weighted by molar-refractivity contribution is 9.10. The smallest absolute Gasteiger partial charge is 0.193 e. The van der Waals surface area contributed by atoms with Crippen molar-refractivity contribution in [3.8, 4) is 5.75 Å². The maximum Gasteiger partial charge on any atom is 0.193 e. The summed E-state index contributed by atoms with van der Waals surface area (Å²) in [5.74, 6) is -0.142. The van der Waals surface area contributed by atoms with Crippen molar-refractivity contribution in [2.45, 2.75) is 13.3 Å². The average Bonchev–Trinajstić information content (AvgIpc) is 2.44. The summed E-state index contributed by atoms with van der Waals surface area (Å²) in [6, 6.07) is 8.84. The number of hydrogen-bond donors (Lipinski definition) is 1. The minimum Gasteiger partial charge on any atom is -0.492 e. The van der Waals surface area contributed by atoms with Gasteiger partial charge < -0.3 is 10.5 Å². The second-order valence-corrected chi connectivity index (χ2v) is 5.45. The Kier molecular flexibility index (Phi) is 4.96. The number of benzene rings is 2. The summed E-state index contributed by atoms with van der Waals surface area (Å²) in [7, 11) is 0. The summed E-state index contributed by atoms with van der Waals surface area (Å²) < 4.78 is 19.5. The highest BCUT2D eigenvalue weighted by Crippen LogP contribution is 2.27. The molecule has 2 aromatic carbocycles. The van der Waals surface area contributed by atoms with Crippen LogP contribution in [0.15, 0.2) is 40.9 Å². The van der Waals surface area contributed by atoms with Crippen molar-refractivity contribution in [1.82, 2.24) is 0 Å². The van der Waals surface area contributed by atoms with Crippen molar-refractivity contribution >= 4 is 27.4 Å². The molecule has 2 N–H and O–H groups in total. The quantitative estimate of drug-likeness (QED) is 0.649. The molecule has 110 valence electrons. The van der Waals surface area contributed by atoms with E-state index in [2.05, 4.69) is 15.9 Å². The van der Waals surface area contributed by atoms with Crippen LogP contribution in [0.25, 0.3) is 0 Å². The van der Waals surface area contributed by atoms with E-state index in [4.69, 9.17) is 10.5 Å². The van der Waals surface area contributed by atoms with Crippen molar-refractivity contribution in [3.05, 3.63) is 57.8 Å². The highest BCUT2D eigenvalue weighted by atomic mass is 79.9. The topological polar surface area (TPSA) is 52.3 Å². The van der Waals surface area contributed by atoms with E-state index >= 15 is 0 Å². The number of ketones is 1. The standard InChI is InChI=1S/C16H15BrFNO2/c1-2-5-21-15-4-3-10(8-14(15)17)16(20)11-6-12(18)9-13(19)7-11/h3-4,6-9H,2,5,19H2,1H3. The number of nitrogen functional groups attached to an aromatic ring is 1. The largest absolute Gasteiger partial charge is 0.492 e. The number of anilines is 1. The molecule has 0 unspecified atom stereocenters. The molecular weight excluding hydrogens is 337 g/mol. The molecule has 0 saturated heterocycles. The number of halogens is 2. The Morgan fingerprint density at radius 3 is 2.62 bits per heavy atom. The van der Waals surface area contributed by atoms with Gasteiger partial charge in [0.2, 0.25) is 0 Å². The Balaban J connectivity index is 2.29. The molecule has 0 amide bonds. The maximum atomic E-state index is 13.3. The zero-order valence-corrected chi connectivity index (χ0v) is 13.1. The molecule has 0 aliphatic rings. The minimum atomic E-state index is -0.527. The SMILES string of the molecule is CCCOc1ccc(C(=O)c2cc(N)cc(F)c2)cc1Br. The summed E-state index contributed by atoms with van der Waals surface area (Å²) >= 11 is 3.37. The second kappa shape index (κ2) is 6.72. The molecule has 0 spiro atoms. The lowest BCUT2D eigenvalue weighted by molar-refractivity contribution is 0.103. The van der Waals surface area contributed by atoms with Gasteiger partial charge in [-0.25, -0.2) is 4.39 Å². The summed E-state index contributed by atoms with van der Waals surface area (Å²) in [5.41, 5.74) is 6.45. The Morgan fingerprint density at radius 1 is 1.24 bits per heavy atom. The number of carbonyl (C=O) groups excluding carboxylic acids is 1. The molecule has 0 fully saturated rings. The van der Waals surface area contributed by atoms with E-state index in [1.165, 1.54) is 18.2 Å². The highest BCUT2D eigenvalue weighted by Gasteiger charge is 2.13. The van der Waals surface area contributed by atoms with Crippen molar-refractivity contribution in [2.24, 2.45) is 0 Å². The zero-order valence-electron chi connectivity index (χ0n) is 11.5. The van der Waals surface area contributed by atoms with Gasteiger partial charge in [0.15, 0.2) is 5.78 Å². The van der Waals surface area contributed by atoms with Crippen LogP contribution in [0.1, 0.15) is 29.3 Å². The Morgan fingerprint density at radius 2 is 2.00 bits per heavy atom. The van der Waals surface area contributed by atoms with Gasteiger partial charge in [0.1, 0.15) is 11.6 Å². The van der Waals surface area contributed by atoms with E-state index in [-0.39, 0.29) is 17.0 Å². The van der Waals surface area contributed by atoms with E-state index in [0.717, 1.165) is 6.42 Å². The van der Waals surface area contributed by atoms with Gasteiger partial charge in [-0.2, -0.15) is 0 Å². The van der Waals surface area contributed by atoms with Crippen molar-refractivity contribution in [3.63, 3.8) is 0 Å². The fourth-order valence-electron chi connectivity index (χ4n) is 1.88. The lowest BCUT2D eigenvalue weighted by Crippen LogP contribution is -2.04. The molecule has 0 aliphatic heterocycles. The lowest BCUT2D eigenvalue weighted by Gasteiger charge is -2.09. The molecule has 0 aliphatic carbocycles. The first-order valence-corrected chi connectivity index (χ1v) is 7.33. The van der Waals surface area contributed by atoms with Crippen LogP contribution in [-0.4, -0.2) is 12.4 Å². The molecule has 0 atom stereocenters. The van der Waals surface area contributed by atoms with Crippen LogP contribution in [0.5, 0.6) is 5.75 Å². The van der Waals surface area contributed by atoms with Crippen molar-refractivity contribution in [1.29, 1.82) is 0 Å². The van der Waals surface area contributed by atoms with Gasteiger partial charge in [-0.05, 0) is 58.7 Å². The fourth-order valence-corrected chi connectivity index (χ4v) is 2.37. The van der Waals surface area contributed by atoms with Gasteiger partial charge in [-0.15, -0.1) is 0 Å². The molecule has 2 aromatic rings. The summed E-state index contributed by atoms with van der Waals surface area (Å²) in [4.78, 5) is 12.3. The third kappa shape index (κ3) is 3.82. The monoisotopic (exact) mass is 351 g/mol. The zero-order chi connectivity index (χ0) is 15.4. The van der Waals surface area contributed by atoms with Crippen LogP contribution in [0, 0.1) is 5.82 Å². The summed E-state index contributed by atoms with van der Waals surface area (Å²) in [5, 5.41) is 0. The van der Waals surface area contributed by atoms with Crippen LogP contribution in [-0.2, 0) is 0 Å². The Hall–Kier alpha value is -1.88. The van der Waals surface area contributed by atoms with E-state index in [1.807, 2.05) is 6.92 Å². The first-order chi connectivity index (χ1) is 10.0. The molecular formula is C16H15BrFNO2. The van der Waals surface area contributed by atoms with Gasteiger partial charge >= 0.3 is 0 Å². The molecule has 21 heavy (non-hydrogen) atoms. The molecule has 3 nitrogen and oxygen atoms in total. The summed E-state index contributed by atoms with van der Waals surface area (Å²) in [6.07, 6.45) is 0.899. The lowest BCUT2D eigenvalue weighted by atomic mass is 10.0. The number of carbonyl (C=O) groups is 1. The third-order valence-electron chi connectivity index (χ3n) is 2.84. The molecule has 0 bridgehead atoms. The molecule has 2 rings (SSSR count). The number of nitrogens with two attached hydrogens (primary N) is 1. The minimum absolute atomic E-state index is 0.223. The molecule has 0 heterocycles. The van der Waals surface area contributed by atoms with Gasteiger partial charge in [-0.1, -0.05) is 6.92 Å². The van der Waals surface area contributed by atoms with Gasteiger partial charge in [0.25, 0.3) is 0 Å². The Bertz CT molecular complexity index is 653. The second-order valence-electron chi connectivity index (χ2n) is 4.60. The predicted molar refractivity (Wildman–Crippen MR) is 84.2 cm³/mol. The Labute approximate surface area is 131 Å². The molecule has 0 radical (unpaired) electrons. The average molecular weight is 352 g/mol. The molecule has 0 saturated carbocycles. The van der Waals surface area contributed by atoms with Gasteiger partial charge in [0.05, 0.1) is 11.1 Å². The van der Waals surface area contributed by atoms with E-state index < -0.39 is 5.82 Å².